The highest BCUT2D eigenvalue weighted by Gasteiger charge is 2.47. The second kappa shape index (κ2) is 7.67. The summed E-state index contributed by atoms with van der Waals surface area (Å²) in [5.41, 5.74) is 0.426. The molecule has 1 unspecified atom stereocenters. The summed E-state index contributed by atoms with van der Waals surface area (Å²) >= 11 is 0. The van der Waals surface area contributed by atoms with E-state index in [0.717, 1.165) is 57.0 Å². The Balaban J connectivity index is 1.42. The van der Waals surface area contributed by atoms with Crippen LogP contribution in [0.15, 0.2) is 30.7 Å². The van der Waals surface area contributed by atoms with Gasteiger partial charge in [-0.3, -0.25) is 4.90 Å². The Labute approximate surface area is 161 Å². The first-order valence-electron chi connectivity index (χ1n) is 9.48. The zero-order valence-corrected chi connectivity index (χ0v) is 15.5. The minimum Gasteiger partial charge on any atom is -0.396 e. The SMILES string of the molecule is OCC1CN(c2ccncn2)CC12CCN(Cc1cc(F)c(F)c(F)c1)CC2. The van der Waals surface area contributed by atoms with Crippen LogP contribution in [0, 0.1) is 28.8 Å². The van der Waals surface area contributed by atoms with Gasteiger partial charge in [-0.2, -0.15) is 0 Å². The molecule has 2 fully saturated rings. The van der Waals surface area contributed by atoms with Crippen molar-refractivity contribution in [3.63, 3.8) is 0 Å². The molecule has 8 heteroatoms. The molecule has 5 nitrogen and oxygen atoms in total. The monoisotopic (exact) mass is 392 g/mol. The van der Waals surface area contributed by atoms with Crippen molar-refractivity contribution in [1.29, 1.82) is 0 Å². The van der Waals surface area contributed by atoms with Crippen LogP contribution >= 0.6 is 0 Å². The number of hydrogen-bond acceptors (Lipinski definition) is 5. The third-order valence-corrected chi connectivity index (χ3v) is 6.22. The van der Waals surface area contributed by atoms with Crippen molar-refractivity contribution >= 4 is 5.82 Å². The van der Waals surface area contributed by atoms with Crippen LogP contribution < -0.4 is 4.90 Å². The van der Waals surface area contributed by atoms with Gasteiger partial charge in [0.25, 0.3) is 0 Å². The molecule has 2 aromatic rings. The third kappa shape index (κ3) is 3.58. The Kier molecular flexibility index (Phi) is 5.25. The number of piperidine rings is 1. The lowest BCUT2D eigenvalue weighted by Gasteiger charge is -2.42. The second-order valence-corrected chi connectivity index (χ2v) is 7.84. The Morgan fingerprint density at radius 2 is 1.86 bits per heavy atom. The number of aromatic nitrogens is 2. The molecule has 2 aliphatic rings. The van der Waals surface area contributed by atoms with Gasteiger partial charge < -0.3 is 10.0 Å². The van der Waals surface area contributed by atoms with Crippen LogP contribution in [0.5, 0.6) is 0 Å². The van der Waals surface area contributed by atoms with Crippen molar-refractivity contribution in [2.75, 3.05) is 37.7 Å². The van der Waals surface area contributed by atoms with Crippen molar-refractivity contribution in [2.45, 2.75) is 19.4 Å². The normalized spacial score (nSPS) is 22.1. The highest BCUT2D eigenvalue weighted by molar-refractivity contribution is 5.39. The van der Waals surface area contributed by atoms with E-state index in [0.29, 0.717) is 12.1 Å². The Bertz CT molecular complexity index is 804. The highest BCUT2D eigenvalue weighted by Crippen LogP contribution is 2.45. The fourth-order valence-electron chi connectivity index (χ4n) is 4.61. The van der Waals surface area contributed by atoms with Gasteiger partial charge in [-0.15, -0.1) is 0 Å². The van der Waals surface area contributed by atoms with E-state index in [9.17, 15) is 18.3 Å². The summed E-state index contributed by atoms with van der Waals surface area (Å²) in [5, 5.41) is 9.94. The Morgan fingerprint density at radius 3 is 2.46 bits per heavy atom. The molecule has 1 aromatic heterocycles. The van der Waals surface area contributed by atoms with Crippen molar-refractivity contribution in [2.24, 2.45) is 11.3 Å². The van der Waals surface area contributed by atoms with Crippen LogP contribution in [0.25, 0.3) is 0 Å². The molecule has 0 saturated carbocycles. The van der Waals surface area contributed by atoms with Gasteiger partial charge in [0.15, 0.2) is 17.5 Å². The first-order valence-corrected chi connectivity index (χ1v) is 9.48. The van der Waals surface area contributed by atoms with Crippen LogP contribution in [-0.2, 0) is 6.54 Å². The average Bonchev–Trinajstić information content (AvgIpc) is 3.07. The maximum Gasteiger partial charge on any atom is 0.194 e. The van der Waals surface area contributed by atoms with Crippen LogP contribution in [-0.4, -0.2) is 52.8 Å². The summed E-state index contributed by atoms with van der Waals surface area (Å²) in [6.45, 7) is 3.59. The fourth-order valence-corrected chi connectivity index (χ4v) is 4.61. The van der Waals surface area contributed by atoms with E-state index in [1.807, 2.05) is 6.07 Å². The summed E-state index contributed by atoms with van der Waals surface area (Å²) in [6.07, 6.45) is 5.00. The minimum absolute atomic E-state index is 0.00447. The predicted octanol–water partition coefficient (Wildman–Crippen LogP) is 2.60. The van der Waals surface area contributed by atoms with Gasteiger partial charge in [-0.1, -0.05) is 0 Å². The van der Waals surface area contributed by atoms with Gasteiger partial charge in [0.05, 0.1) is 0 Å². The average molecular weight is 392 g/mol. The summed E-state index contributed by atoms with van der Waals surface area (Å²) < 4.78 is 40.1. The molecule has 1 atom stereocenters. The van der Waals surface area contributed by atoms with Crippen LogP contribution in [0.3, 0.4) is 0 Å². The minimum atomic E-state index is -1.43. The molecule has 1 spiro atoms. The lowest BCUT2D eigenvalue weighted by Crippen LogP contribution is -2.44. The number of aliphatic hydroxyl groups is 1. The molecule has 0 amide bonds. The van der Waals surface area contributed by atoms with Gasteiger partial charge >= 0.3 is 0 Å². The maximum absolute atomic E-state index is 13.5. The lowest BCUT2D eigenvalue weighted by atomic mass is 9.71. The van der Waals surface area contributed by atoms with E-state index >= 15 is 0 Å². The Hall–Kier alpha value is -2.19. The summed E-state index contributed by atoms with van der Waals surface area (Å²) in [7, 11) is 0. The highest BCUT2D eigenvalue weighted by atomic mass is 19.2. The van der Waals surface area contributed by atoms with Crippen molar-refractivity contribution in [3.05, 3.63) is 53.7 Å². The smallest absolute Gasteiger partial charge is 0.194 e. The number of likely N-dealkylation sites (tertiary alicyclic amines) is 1. The number of aliphatic hydroxyl groups excluding tert-OH is 1. The Morgan fingerprint density at radius 1 is 1.14 bits per heavy atom. The molecule has 0 aliphatic carbocycles. The largest absolute Gasteiger partial charge is 0.396 e. The number of anilines is 1. The first-order chi connectivity index (χ1) is 13.5. The van der Waals surface area contributed by atoms with Crippen molar-refractivity contribution < 1.29 is 18.3 Å². The zero-order valence-electron chi connectivity index (χ0n) is 15.5. The number of nitrogens with zero attached hydrogens (tertiary/aromatic N) is 4. The van der Waals surface area contributed by atoms with Crippen LogP contribution in [0.4, 0.5) is 19.0 Å². The van der Waals surface area contributed by atoms with Crippen LogP contribution in [0.2, 0.25) is 0 Å². The van der Waals surface area contributed by atoms with E-state index in [2.05, 4.69) is 19.8 Å². The molecule has 28 heavy (non-hydrogen) atoms. The van der Waals surface area contributed by atoms with Gasteiger partial charge in [0.2, 0.25) is 0 Å². The fraction of sp³-hybridized carbons (Fsp3) is 0.500. The van der Waals surface area contributed by atoms with Gasteiger partial charge in [-0.05, 0) is 55.1 Å². The number of hydrogen-bond donors (Lipinski definition) is 1. The quantitative estimate of drug-likeness (QED) is 0.811. The number of halogens is 3. The lowest BCUT2D eigenvalue weighted by molar-refractivity contribution is 0.0506. The predicted molar refractivity (Wildman–Crippen MR) is 98.1 cm³/mol. The van der Waals surface area contributed by atoms with Gasteiger partial charge in [-0.25, -0.2) is 23.1 Å². The van der Waals surface area contributed by atoms with E-state index < -0.39 is 17.5 Å². The van der Waals surface area contributed by atoms with Crippen molar-refractivity contribution in [1.82, 2.24) is 14.9 Å². The third-order valence-electron chi connectivity index (χ3n) is 6.22. The topological polar surface area (TPSA) is 52.5 Å². The van der Waals surface area contributed by atoms with E-state index in [1.165, 1.54) is 6.33 Å². The molecule has 1 aromatic carbocycles. The molecular weight excluding hydrogens is 369 g/mol. The molecule has 2 aliphatic heterocycles. The second-order valence-electron chi connectivity index (χ2n) is 7.84. The molecule has 4 rings (SSSR count). The van der Waals surface area contributed by atoms with Crippen LogP contribution in [0.1, 0.15) is 18.4 Å². The summed E-state index contributed by atoms with van der Waals surface area (Å²) in [6, 6.07) is 4.00. The standard InChI is InChI=1S/C20H23F3N4O/c21-16-7-14(8-17(22)19(16)23)9-26-5-2-20(3-6-26)12-27(10-15(20)11-28)18-1-4-24-13-25-18/h1,4,7-8,13,15,28H,2-3,5-6,9-12H2. The molecular formula is C20H23F3N4O. The van der Waals surface area contributed by atoms with E-state index in [1.54, 1.807) is 6.20 Å². The maximum atomic E-state index is 13.5. The summed E-state index contributed by atoms with van der Waals surface area (Å²) in [5.74, 6) is -2.71. The number of rotatable bonds is 4. The molecule has 0 bridgehead atoms. The molecule has 3 heterocycles. The molecule has 150 valence electrons. The van der Waals surface area contributed by atoms with Crippen molar-refractivity contribution in [3.8, 4) is 0 Å². The number of benzene rings is 1. The van der Waals surface area contributed by atoms with E-state index in [4.69, 9.17) is 0 Å². The first kappa shape index (κ1) is 19.1. The summed E-state index contributed by atoms with van der Waals surface area (Å²) in [4.78, 5) is 12.6. The van der Waals surface area contributed by atoms with Gasteiger partial charge in [0, 0.05) is 38.4 Å². The molecule has 2 saturated heterocycles. The molecule has 1 N–H and O–H groups in total. The van der Waals surface area contributed by atoms with E-state index in [-0.39, 0.29) is 17.9 Å². The zero-order chi connectivity index (χ0) is 19.7. The van der Waals surface area contributed by atoms with Gasteiger partial charge in [0.1, 0.15) is 12.1 Å². The molecule has 0 radical (unpaired) electrons.